The highest BCUT2D eigenvalue weighted by Crippen LogP contribution is 2.30. The molecule has 0 saturated carbocycles. The number of aryl methyl sites for hydroxylation is 1. The molecule has 0 unspecified atom stereocenters. The number of nitrogens with zero attached hydrogens (tertiary/aromatic N) is 4. The summed E-state index contributed by atoms with van der Waals surface area (Å²) < 4.78 is 45.7. The lowest BCUT2D eigenvalue weighted by molar-refractivity contribution is -0.153. The van der Waals surface area contributed by atoms with Gasteiger partial charge in [0.15, 0.2) is 6.61 Å². The molecule has 0 amide bonds. The predicted molar refractivity (Wildman–Crippen MR) is 149 cm³/mol. The third-order valence-electron chi connectivity index (χ3n) is 6.53. The maximum absolute atomic E-state index is 13.1. The van der Waals surface area contributed by atoms with Gasteiger partial charge in [-0.05, 0) is 43.7 Å². The van der Waals surface area contributed by atoms with Crippen LogP contribution in [0.25, 0.3) is 0 Å². The molecule has 2 aromatic carbocycles. The van der Waals surface area contributed by atoms with Gasteiger partial charge in [-0.15, -0.1) is 12.4 Å². The molecule has 1 aliphatic rings. The molecule has 0 radical (unpaired) electrons. The van der Waals surface area contributed by atoms with Crippen LogP contribution in [0.5, 0.6) is 5.75 Å². The van der Waals surface area contributed by atoms with Crippen LogP contribution in [0.4, 0.5) is 18.9 Å². The summed E-state index contributed by atoms with van der Waals surface area (Å²) in [4.78, 5) is 30.0. The first-order valence-electron chi connectivity index (χ1n) is 12.4. The summed E-state index contributed by atoms with van der Waals surface area (Å²) in [5.74, 6) is 0.213. The van der Waals surface area contributed by atoms with E-state index in [1.807, 2.05) is 23.1 Å². The van der Waals surface area contributed by atoms with Gasteiger partial charge in [-0.1, -0.05) is 41.9 Å². The molecule has 212 valence electrons. The van der Waals surface area contributed by atoms with Gasteiger partial charge < -0.3 is 9.64 Å². The zero-order chi connectivity index (χ0) is 27.3. The lowest BCUT2D eigenvalue weighted by atomic mass is 10.2. The van der Waals surface area contributed by atoms with E-state index in [1.165, 1.54) is 9.13 Å². The van der Waals surface area contributed by atoms with Crippen LogP contribution in [-0.2, 0) is 13.1 Å². The SMILES string of the molecule is Cc1cn(Cc2ccccc2Cl)c(=O)n(CCCN2CCN(c3ccccc3OCC(F)(F)F)CC2)c1=O.Cl. The van der Waals surface area contributed by atoms with Crippen LogP contribution in [0.1, 0.15) is 17.5 Å². The number of piperazine rings is 1. The number of benzene rings is 2. The third kappa shape index (κ3) is 8.03. The van der Waals surface area contributed by atoms with E-state index in [-0.39, 0.29) is 42.5 Å². The van der Waals surface area contributed by atoms with E-state index in [0.717, 1.165) is 5.56 Å². The Morgan fingerprint density at radius 2 is 1.62 bits per heavy atom. The Kier molecular flexibility index (Phi) is 10.5. The molecular formula is C27H31Cl2F3N4O3. The van der Waals surface area contributed by atoms with Crippen LogP contribution in [0.2, 0.25) is 5.02 Å². The standard InChI is InChI=1S/C27H30ClF3N4O3.ClH/c1-20-17-34(18-21-7-2-3-8-22(21)28)26(37)35(25(20)36)12-6-11-32-13-15-33(16-14-32)23-9-4-5-10-24(23)38-19-27(29,30)31;/h2-5,7-10,17H,6,11-16,18-19H2,1H3;1H. The average molecular weight is 587 g/mol. The fraction of sp³-hybridized carbons (Fsp3) is 0.407. The third-order valence-corrected chi connectivity index (χ3v) is 6.90. The molecule has 0 bridgehead atoms. The number of ether oxygens (including phenoxy) is 1. The minimum absolute atomic E-state index is 0. The van der Waals surface area contributed by atoms with Crippen molar-refractivity contribution in [3.63, 3.8) is 0 Å². The second-order valence-corrected chi connectivity index (χ2v) is 9.73. The number of anilines is 1. The first-order valence-corrected chi connectivity index (χ1v) is 12.8. The Morgan fingerprint density at radius 1 is 0.949 bits per heavy atom. The summed E-state index contributed by atoms with van der Waals surface area (Å²) in [7, 11) is 0. The molecule has 2 heterocycles. The number of hydrogen-bond donors (Lipinski definition) is 0. The zero-order valence-corrected chi connectivity index (χ0v) is 23.1. The van der Waals surface area contributed by atoms with Crippen molar-refractivity contribution in [2.45, 2.75) is 32.6 Å². The Morgan fingerprint density at radius 3 is 2.31 bits per heavy atom. The summed E-state index contributed by atoms with van der Waals surface area (Å²) in [6.07, 6.45) is -2.22. The fourth-order valence-corrected chi connectivity index (χ4v) is 4.78. The normalized spacial score (nSPS) is 14.2. The molecule has 1 saturated heterocycles. The van der Waals surface area contributed by atoms with Gasteiger partial charge in [0, 0.05) is 49.5 Å². The van der Waals surface area contributed by atoms with Crippen LogP contribution < -0.4 is 20.9 Å². The van der Waals surface area contributed by atoms with Gasteiger partial charge >= 0.3 is 11.9 Å². The quantitative estimate of drug-likeness (QED) is 0.367. The Labute approximate surface area is 235 Å². The van der Waals surface area contributed by atoms with E-state index in [9.17, 15) is 22.8 Å². The van der Waals surface area contributed by atoms with Gasteiger partial charge in [0.05, 0.1) is 12.2 Å². The van der Waals surface area contributed by atoms with E-state index in [4.69, 9.17) is 16.3 Å². The van der Waals surface area contributed by atoms with Crippen LogP contribution >= 0.6 is 24.0 Å². The predicted octanol–water partition coefficient (Wildman–Crippen LogP) is 4.60. The van der Waals surface area contributed by atoms with Crippen molar-refractivity contribution in [1.29, 1.82) is 0 Å². The summed E-state index contributed by atoms with van der Waals surface area (Å²) >= 11 is 6.25. The maximum Gasteiger partial charge on any atom is 0.422 e. The van der Waals surface area contributed by atoms with Crippen molar-refractivity contribution in [1.82, 2.24) is 14.0 Å². The average Bonchev–Trinajstić information content (AvgIpc) is 2.89. The summed E-state index contributed by atoms with van der Waals surface area (Å²) in [5, 5.41) is 0.559. The van der Waals surface area contributed by atoms with Gasteiger partial charge in [-0.25, -0.2) is 4.79 Å². The first-order chi connectivity index (χ1) is 18.1. The molecule has 0 spiro atoms. The Hall–Kier alpha value is -2.95. The fourth-order valence-electron chi connectivity index (χ4n) is 4.58. The highest BCUT2D eigenvalue weighted by Gasteiger charge is 2.29. The number of hydrogen-bond acceptors (Lipinski definition) is 5. The summed E-state index contributed by atoms with van der Waals surface area (Å²) in [6, 6.07) is 14.0. The van der Waals surface area contributed by atoms with Crippen LogP contribution in [-0.4, -0.2) is 59.5 Å². The van der Waals surface area contributed by atoms with Gasteiger partial charge in [0.1, 0.15) is 5.75 Å². The molecule has 1 aromatic heterocycles. The monoisotopic (exact) mass is 586 g/mol. The molecule has 4 rings (SSSR count). The first kappa shape index (κ1) is 30.6. The van der Waals surface area contributed by atoms with Crippen LogP contribution in [0, 0.1) is 6.92 Å². The second kappa shape index (κ2) is 13.4. The molecule has 7 nitrogen and oxygen atoms in total. The maximum atomic E-state index is 13.1. The summed E-state index contributed by atoms with van der Waals surface area (Å²) in [6.45, 7) is 4.26. The lowest BCUT2D eigenvalue weighted by Crippen LogP contribution is -2.47. The van der Waals surface area contributed by atoms with Gasteiger partial charge in [0.2, 0.25) is 0 Å². The second-order valence-electron chi connectivity index (χ2n) is 9.32. The van der Waals surface area contributed by atoms with Crippen molar-refractivity contribution >= 4 is 29.7 Å². The van der Waals surface area contributed by atoms with E-state index < -0.39 is 12.8 Å². The Bertz CT molecular complexity index is 1370. The molecule has 0 aliphatic carbocycles. The Balaban J connectivity index is 0.00000420. The molecule has 12 heteroatoms. The minimum atomic E-state index is -4.40. The summed E-state index contributed by atoms with van der Waals surface area (Å²) in [5.41, 5.74) is 1.24. The van der Waals surface area contributed by atoms with Crippen LogP contribution in [0.3, 0.4) is 0 Å². The van der Waals surface area contributed by atoms with E-state index >= 15 is 0 Å². The van der Waals surface area contributed by atoms with Crippen molar-refractivity contribution < 1.29 is 17.9 Å². The number of rotatable bonds is 9. The molecule has 39 heavy (non-hydrogen) atoms. The van der Waals surface area contributed by atoms with E-state index in [2.05, 4.69) is 4.90 Å². The van der Waals surface area contributed by atoms with Crippen LogP contribution in [0.15, 0.2) is 64.3 Å². The molecule has 1 aliphatic heterocycles. The molecule has 0 N–H and O–H groups in total. The van der Waals surface area contributed by atoms with E-state index in [1.54, 1.807) is 43.5 Å². The van der Waals surface area contributed by atoms with Crippen molar-refractivity contribution in [3.05, 3.63) is 91.7 Å². The highest BCUT2D eigenvalue weighted by molar-refractivity contribution is 6.31. The van der Waals surface area contributed by atoms with Gasteiger partial charge in [0.25, 0.3) is 5.56 Å². The molecule has 3 aromatic rings. The molecule has 1 fully saturated rings. The largest absolute Gasteiger partial charge is 0.482 e. The topological polar surface area (TPSA) is 59.7 Å². The van der Waals surface area contributed by atoms with Crippen molar-refractivity contribution in [2.75, 3.05) is 44.2 Å². The number of halogens is 5. The minimum Gasteiger partial charge on any atom is -0.482 e. The van der Waals surface area contributed by atoms with Crippen molar-refractivity contribution in [2.24, 2.45) is 0 Å². The molecule has 0 atom stereocenters. The number of para-hydroxylation sites is 2. The smallest absolute Gasteiger partial charge is 0.422 e. The van der Waals surface area contributed by atoms with Crippen molar-refractivity contribution in [3.8, 4) is 5.75 Å². The molecular weight excluding hydrogens is 556 g/mol. The van der Waals surface area contributed by atoms with Gasteiger partial charge in [-0.3, -0.25) is 18.8 Å². The number of alkyl halides is 3. The van der Waals surface area contributed by atoms with E-state index in [0.29, 0.717) is 55.4 Å². The zero-order valence-electron chi connectivity index (χ0n) is 21.5. The van der Waals surface area contributed by atoms with Gasteiger partial charge in [-0.2, -0.15) is 13.2 Å². The number of aromatic nitrogens is 2. The lowest BCUT2D eigenvalue weighted by Gasteiger charge is -2.36. The highest BCUT2D eigenvalue weighted by atomic mass is 35.5.